The van der Waals surface area contributed by atoms with Gasteiger partial charge in [-0.15, -0.1) is 0 Å². The smallest absolute Gasteiger partial charge is 0.256 e. The number of fused-ring (bicyclic) bond motifs is 1. The number of carbonyl (C=O) groups excluding carboxylic acids is 1. The number of thioether (sulfide) groups is 1. The molecule has 6 nitrogen and oxygen atoms in total. The third kappa shape index (κ3) is 4.06. The van der Waals surface area contributed by atoms with Gasteiger partial charge in [0.1, 0.15) is 11.3 Å². The van der Waals surface area contributed by atoms with Crippen molar-refractivity contribution in [2.45, 2.75) is 11.6 Å². The lowest BCUT2D eigenvalue weighted by Crippen LogP contribution is -2.44. The van der Waals surface area contributed by atoms with E-state index in [1.54, 1.807) is 0 Å². The van der Waals surface area contributed by atoms with E-state index < -0.39 is 11.7 Å². The maximum atomic E-state index is 13.5. The van der Waals surface area contributed by atoms with Crippen LogP contribution in [0.25, 0.3) is 11.1 Å². The minimum Gasteiger partial charge on any atom is -0.430 e. The van der Waals surface area contributed by atoms with Gasteiger partial charge in [-0.3, -0.25) is 4.79 Å². The van der Waals surface area contributed by atoms with Crippen molar-refractivity contribution in [2.75, 3.05) is 45.5 Å². The Morgan fingerprint density at radius 2 is 2.12 bits per heavy atom. The summed E-state index contributed by atoms with van der Waals surface area (Å²) in [4.78, 5) is 20.4. The summed E-state index contributed by atoms with van der Waals surface area (Å²) >= 11 is 1.47. The third-order valence-electron chi connectivity index (χ3n) is 4.14. The van der Waals surface area contributed by atoms with E-state index in [-0.39, 0.29) is 11.1 Å². The number of oxazole rings is 1. The number of hydrogen-bond acceptors (Lipinski definition) is 6. The number of benzene rings is 1. The Kier molecular flexibility index (Phi) is 5.37. The van der Waals surface area contributed by atoms with Crippen molar-refractivity contribution in [3.63, 3.8) is 0 Å². The van der Waals surface area contributed by atoms with E-state index >= 15 is 0 Å². The quantitative estimate of drug-likeness (QED) is 0.631. The number of likely N-dealkylation sites (N-methyl/N-ethyl adjacent to an activating group) is 1. The molecule has 0 atom stereocenters. The molecule has 8 heteroatoms. The van der Waals surface area contributed by atoms with Crippen LogP contribution in [0.1, 0.15) is 16.8 Å². The van der Waals surface area contributed by atoms with Crippen LogP contribution in [0.4, 0.5) is 4.39 Å². The number of amides is 1. The molecule has 0 bridgehead atoms. The number of nitrogens with two attached hydrogens (primary N) is 1. The van der Waals surface area contributed by atoms with E-state index in [2.05, 4.69) is 21.8 Å². The fraction of sp³-hybridized carbons (Fsp3) is 0.500. The lowest BCUT2D eigenvalue weighted by molar-refractivity contribution is 0.100. The maximum absolute atomic E-state index is 13.5. The Morgan fingerprint density at radius 1 is 1.38 bits per heavy atom. The number of aromatic nitrogens is 1. The molecule has 1 aromatic heterocycles. The van der Waals surface area contributed by atoms with Crippen molar-refractivity contribution in [1.82, 2.24) is 14.8 Å². The summed E-state index contributed by atoms with van der Waals surface area (Å²) in [5.41, 5.74) is 5.87. The van der Waals surface area contributed by atoms with E-state index in [0.29, 0.717) is 10.7 Å². The Bertz CT molecular complexity index is 728. The van der Waals surface area contributed by atoms with E-state index in [9.17, 15) is 9.18 Å². The first-order valence-electron chi connectivity index (χ1n) is 7.96. The molecular formula is C16H21FN4O2S. The van der Waals surface area contributed by atoms with Crippen LogP contribution in [-0.4, -0.2) is 66.2 Å². The molecule has 2 aromatic rings. The lowest BCUT2D eigenvalue weighted by Gasteiger charge is -2.32. The predicted octanol–water partition coefficient (Wildman–Crippen LogP) is 1.80. The molecule has 1 aliphatic rings. The molecule has 0 saturated carbocycles. The van der Waals surface area contributed by atoms with E-state index in [0.717, 1.165) is 51.0 Å². The van der Waals surface area contributed by atoms with Crippen LogP contribution in [0.2, 0.25) is 0 Å². The van der Waals surface area contributed by atoms with Gasteiger partial charge in [0.25, 0.3) is 11.1 Å². The zero-order valence-corrected chi connectivity index (χ0v) is 14.4. The highest BCUT2D eigenvalue weighted by Crippen LogP contribution is 2.27. The van der Waals surface area contributed by atoms with E-state index in [4.69, 9.17) is 10.2 Å². The van der Waals surface area contributed by atoms with Gasteiger partial charge >= 0.3 is 0 Å². The Balaban J connectivity index is 1.56. The molecule has 0 spiro atoms. The monoisotopic (exact) mass is 352 g/mol. The van der Waals surface area contributed by atoms with Gasteiger partial charge in [0.05, 0.1) is 5.56 Å². The molecule has 1 aliphatic heterocycles. The van der Waals surface area contributed by atoms with Crippen molar-refractivity contribution in [1.29, 1.82) is 0 Å². The van der Waals surface area contributed by atoms with Gasteiger partial charge < -0.3 is 20.0 Å². The highest BCUT2D eigenvalue weighted by atomic mass is 32.2. The summed E-state index contributed by atoms with van der Waals surface area (Å²) < 4.78 is 19.1. The van der Waals surface area contributed by atoms with Crippen LogP contribution >= 0.6 is 11.8 Å². The summed E-state index contributed by atoms with van der Waals surface area (Å²) in [6.07, 6.45) is 1.02. The molecule has 2 heterocycles. The van der Waals surface area contributed by atoms with Crippen LogP contribution < -0.4 is 5.73 Å². The van der Waals surface area contributed by atoms with Crippen LogP contribution in [0, 0.1) is 5.82 Å². The minimum atomic E-state index is -0.720. The second-order valence-corrected chi connectivity index (χ2v) is 7.04. The SMILES string of the molecule is CN1CCN(CCCSc2nc3cc(F)cc(C(N)=O)c3o2)CC1. The molecule has 0 unspecified atom stereocenters. The fourth-order valence-electron chi connectivity index (χ4n) is 2.74. The van der Waals surface area contributed by atoms with Gasteiger partial charge in [0.15, 0.2) is 5.58 Å². The predicted molar refractivity (Wildman–Crippen MR) is 91.8 cm³/mol. The van der Waals surface area contributed by atoms with Gasteiger partial charge in [0, 0.05) is 38.0 Å². The number of rotatable bonds is 6. The first kappa shape index (κ1) is 17.2. The highest BCUT2D eigenvalue weighted by Gasteiger charge is 2.17. The van der Waals surface area contributed by atoms with Crippen molar-refractivity contribution in [3.05, 3.63) is 23.5 Å². The number of piperazine rings is 1. The summed E-state index contributed by atoms with van der Waals surface area (Å²) in [5, 5.41) is 0.441. The summed E-state index contributed by atoms with van der Waals surface area (Å²) in [7, 11) is 2.14. The second-order valence-electron chi connectivity index (χ2n) is 5.99. The Morgan fingerprint density at radius 3 is 2.83 bits per heavy atom. The largest absolute Gasteiger partial charge is 0.430 e. The normalized spacial score (nSPS) is 16.8. The standard InChI is InChI=1S/C16H21FN4O2S/c1-20-4-6-21(7-5-20)3-2-8-24-16-19-13-10-11(17)9-12(15(18)22)14(13)23-16/h9-10H,2-8H2,1H3,(H2,18,22). The average molecular weight is 352 g/mol. The number of halogens is 1. The topological polar surface area (TPSA) is 75.6 Å². The molecule has 130 valence electrons. The zero-order chi connectivity index (χ0) is 17.1. The second kappa shape index (κ2) is 7.50. The molecule has 3 rings (SSSR count). The Hall–Kier alpha value is -1.64. The molecular weight excluding hydrogens is 331 g/mol. The molecule has 2 N–H and O–H groups in total. The number of primary amides is 1. The molecule has 0 aliphatic carbocycles. The average Bonchev–Trinajstić information content (AvgIpc) is 2.94. The number of nitrogens with zero attached hydrogens (tertiary/aromatic N) is 3. The molecule has 1 amide bonds. The zero-order valence-electron chi connectivity index (χ0n) is 13.6. The lowest BCUT2D eigenvalue weighted by atomic mass is 10.2. The van der Waals surface area contributed by atoms with Crippen molar-refractivity contribution < 1.29 is 13.6 Å². The van der Waals surface area contributed by atoms with Crippen LogP contribution in [-0.2, 0) is 0 Å². The Labute approximate surface area is 144 Å². The first-order valence-corrected chi connectivity index (χ1v) is 8.95. The van der Waals surface area contributed by atoms with Crippen molar-refractivity contribution in [2.24, 2.45) is 5.73 Å². The van der Waals surface area contributed by atoms with Gasteiger partial charge in [0.2, 0.25) is 0 Å². The van der Waals surface area contributed by atoms with Crippen molar-refractivity contribution in [3.8, 4) is 0 Å². The number of hydrogen-bond donors (Lipinski definition) is 1. The maximum Gasteiger partial charge on any atom is 0.256 e. The molecule has 1 fully saturated rings. The first-order chi connectivity index (χ1) is 11.5. The third-order valence-corrected chi connectivity index (χ3v) is 5.06. The fourth-order valence-corrected chi connectivity index (χ4v) is 3.50. The van der Waals surface area contributed by atoms with Gasteiger partial charge in [-0.2, -0.15) is 0 Å². The van der Waals surface area contributed by atoms with Crippen molar-refractivity contribution >= 4 is 28.8 Å². The van der Waals surface area contributed by atoms with Gasteiger partial charge in [-0.05, 0) is 26.1 Å². The molecule has 1 aromatic carbocycles. The summed E-state index contributed by atoms with van der Waals surface area (Å²) in [6, 6.07) is 2.33. The number of carbonyl (C=O) groups is 1. The molecule has 1 saturated heterocycles. The summed E-state index contributed by atoms with van der Waals surface area (Å²) in [6.45, 7) is 5.47. The highest BCUT2D eigenvalue weighted by molar-refractivity contribution is 7.99. The van der Waals surface area contributed by atoms with Crippen LogP contribution in [0.5, 0.6) is 0 Å². The summed E-state index contributed by atoms with van der Waals surface area (Å²) in [5.74, 6) is -0.411. The van der Waals surface area contributed by atoms with Gasteiger partial charge in [-0.25, -0.2) is 9.37 Å². The molecule has 24 heavy (non-hydrogen) atoms. The van der Waals surface area contributed by atoms with E-state index in [1.165, 1.54) is 17.8 Å². The minimum absolute atomic E-state index is 0.0294. The van der Waals surface area contributed by atoms with E-state index in [1.807, 2.05) is 0 Å². The molecule has 0 radical (unpaired) electrons. The van der Waals surface area contributed by atoms with Crippen LogP contribution in [0.3, 0.4) is 0 Å². The van der Waals surface area contributed by atoms with Gasteiger partial charge in [-0.1, -0.05) is 11.8 Å². The van der Waals surface area contributed by atoms with Crippen LogP contribution in [0.15, 0.2) is 21.8 Å².